The summed E-state index contributed by atoms with van der Waals surface area (Å²) >= 11 is 0. The molecule has 2 aromatic carbocycles. The molecule has 2 aromatic rings. The molecule has 0 spiro atoms. The molecule has 0 fully saturated rings. The molecule has 132 valence electrons. The van der Waals surface area contributed by atoms with Gasteiger partial charge in [-0.25, -0.2) is 0 Å². The van der Waals surface area contributed by atoms with E-state index >= 15 is 0 Å². The van der Waals surface area contributed by atoms with Crippen molar-refractivity contribution in [3.63, 3.8) is 0 Å². The third kappa shape index (κ3) is 6.34. The highest BCUT2D eigenvalue weighted by Gasteiger charge is 2.05. The van der Waals surface area contributed by atoms with Gasteiger partial charge in [0.2, 0.25) is 5.91 Å². The van der Waals surface area contributed by atoms with Gasteiger partial charge in [-0.2, -0.15) is 0 Å². The first-order valence-corrected chi connectivity index (χ1v) is 8.62. The summed E-state index contributed by atoms with van der Waals surface area (Å²) in [6.45, 7) is 5.72. The predicted octanol–water partition coefficient (Wildman–Crippen LogP) is 4.20. The number of carbonyl (C=O) groups excluding carboxylic acids is 1. The summed E-state index contributed by atoms with van der Waals surface area (Å²) in [5.74, 6) is 1.30. The third-order valence-electron chi connectivity index (χ3n) is 3.47. The van der Waals surface area contributed by atoms with Crippen molar-refractivity contribution >= 4 is 12.0 Å². The molecule has 0 bridgehead atoms. The Morgan fingerprint density at radius 3 is 2.56 bits per heavy atom. The molecule has 0 aliphatic carbocycles. The lowest BCUT2D eigenvalue weighted by Gasteiger charge is -2.12. The molecule has 1 N–H and O–H groups in total. The fourth-order valence-electron chi connectivity index (χ4n) is 2.24. The summed E-state index contributed by atoms with van der Waals surface area (Å²) in [6, 6.07) is 15.5. The Morgan fingerprint density at radius 1 is 1.04 bits per heavy atom. The van der Waals surface area contributed by atoms with E-state index in [0.717, 1.165) is 23.3 Å². The number of hydrogen-bond donors (Lipinski definition) is 1. The van der Waals surface area contributed by atoms with Gasteiger partial charge < -0.3 is 14.8 Å². The number of carbonyl (C=O) groups is 1. The highest BCUT2D eigenvalue weighted by molar-refractivity contribution is 5.91. The minimum Gasteiger partial charge on any atom is -0.490 e. The first kappa shape index (κ1) is 18.6. The van der Waals surface area contributed by atoms with Crippen LogP contribution in [0.25, 0.3) is 6.08 Å². The smallest absolute Gasteiger partial charge is 0.244 e. The quantitative estimate of drug-likeness (QED) is 0.696. The largest absolute Gasteiger partial charge is 0.490 e. The van der Waals surface area contributed by atoms with Crippen LogP contribution in [0.5, 0.6) is 11.5 Å². The van der Waals surface area contributed by atoms with E-state index in [1.165, 1.54) is 6.08 Å². The SMILES string of the molecule is CCCOc1ccc(/C=C/C(=O)NCc2ccccc2)cc1OCC. The molecule has 2 rings (SSSR count). The molecular weight excluding hydrogens is 314 g/mol. The van der Waals surface area contributed by atoms with E-state index in [-0.39, 0.29) is 5.91 Å². The van der Waals surface area contributed by atoms with Gasteiger partial charge in [-0.15, -0.1) is 0 Å². The molecule has 0 aliphatic rings. The molecule has 0 unspecified atom stereocenters. The van der Waals surface area contributed by atoms with Gasteiger partial charge in [0.1, 0.15) is 0 Å². The van der Waals surface area contributed by atoms with Gasteiger partial charge in [0.25, 0.3) is 0 Å². The van der Waals surface area contributed by atoms with Gasteiger partial charge in [-0.3, -0.25) is 4.79 Å². The van der Waals surface area contributed by atoms with Crippen LogP contribution in [-0.4, -0.2) is 19.1 Å². The normalized spacial score (nSPS) is 10.6. The van der Waals surface area contributed by atoms with Gasteiger partial charge in [0.15, 0.2) is 11.5 Å². The van der Waals surface area contributed by atoms with Crippen LogP contribution in [0, 0.1) is 0 Å². The number of ether oxygens (including phenoxy) is 2. The Hall–Kier alpha value is -2.75. The Bertz CT molecular complexity index is 696. The molecule has 1 amide bonds. The summed E-state index contributed by atoms with van der Waals surface area (Å²) in [4.78, 5) is 12.0. The zero-order chi connectivity index (χ0) is 17.9. The number of nitrogens with one attached hydrogen (secondary N) is 1. The zero-order valence-electron chi connectivity index (χ0n) is 14.8. The summed E-state index contributed by atoms with van der Waals surface area (Å²) in [5.41, 5.74) is 1.96. The Labute approximate surface area is 149 Å². The van der Waals surface area contributed by atoms with Gasteiger partial charge in [0.05, 0.1) is 13.2 Å². The average molecular weight is 339 g/mol. The van der Waals surface area contributed by atoms with Crippen molar-refractivity contribution in [1.82, 2.24) is 5.32 Å². The molecule has 0 aromatic heterocycles. The minimum absolute atomic E-state index is 0.131. The van der Waals surface area contributed by atoms with E-state index in [4.69, 9.17) is 9.47 Å². The number of rotatable bonds is 9. The predicted molar refractivity (Wildman–Crippen MR) is 101 cm³/mol. The zero-order valence-corrected chi connectivity index (χ0v) is 14.8. The van der Waals surface area contributed by atoms with Crippen molar-refractivity contribution in [3.8, 4) is 11.5 Å². The highest BCUT2D eigenvalue weighted by Crippen LogP contribution is 2.29. The van der Waals surface area contributed by atoms with Crippen LogP contribution in [0.4, 0.5) is 0 Å². The molecule has 0 aliphatic heterocycles. The van der Waals surface area contributed by atoms with Gasteiger partial charge >= 0.3 is 0 Å². The molecule has 25 heavy (non-hydrogen) atoms. The van der Waals surface area contributed by atoms with Crippen LogP contribution in [0.2, 0.25) is 0 Å². The molecule has 0 saturated heterocycles. The van der Waals surface area contributed by atoms with Gasteiger partial charge in [-0.1, -0.05) is 43.3 Å². The first-order chi connectivity index (χ1) is 12.2. The third-order valence-corrected chi connectivity index (χ3v) is 3.47. The van der Waals surface area contributed by atoms with E-state index in [0.29, 0.717) is 25.5 Å². The van der Waals surface area contributed by atoms with Crippen LogP contribution in [-0.2, 0) is 11.3 Å². The molecule has 4 nitrogen and oxygen atoms in total. The Balaban J connectivity index is 1.96. The lowest BCUT2D eigenvalue weighted by molar-refractivity contribution is -0.116. The average Bonchev–Trinajstić information content (AvgIpc) is 2.65. The number of benzene rings is 2. The maximum atomic E-state index is 12.0. The van der Waals surface area contributed by atoms with Crippen molar-refractivity contribution in [2.45, 2.75) is 26.8 Å². The van der Waals surface area contributed by atoms with Gasteiger partial charge in [0, 0.05) is 12.6 Å². The number of amides is 1. The monoisotopic (exact) mass is 339 g/mol. The molecule has 0 heterocycles. The van der Waals surface area contributed by atoms with Crippen LogP contribution >= 0.6 is 0 Å². The molecule has 0 radical (unpaired) electrons. The van der Waals surface area contributed by atoms with Crippen molar-refractivity contribution < 1.29 is 14.3 Å². The Morgan fingerprint density at radius 2 is 1.84 bits per heavy atom. The standard InChI is InChI=1S/C21H25NO3/c1-3-14-25-19-12-10-17(15-20(19)24-4-2)11-13-21(23)22-16-18-8-6-5-7-9-18/h5-13,15H,3-4,14,16H2,1-2H3,(H,22,23)/b13-11+. The molecular formula is C21H25NO3. The van der Waals surface area contributed by atoms with Gasteiger partial charge in [-0.05, 0) is 42.7 Å². The van der Waals surface area contributed by atoms with Crippen molar-refractivity contribution in [2.75, 3.05) is 13.2 Å². The fourth-order valence-corrected chi connectivity index (χ4v) is 2.24. The highest BCUT2D eigenvalue weighted by atomic mass is 16.5. The number of hydrogen-bond acceptors (Lipinski definition) is 3. The second-order valence-corrected chi connectivity index (χ2v) is 5.52. The van der Waals surface area contributed by atoms with E-state index in [9.17, 15) is 4.79 Å². The maximum absolute atomic E-state index is 12.0. The van der Waals surface area contributed by atoms with Crippen molar-refractivity contribution in [2.24, 2.45) is 0 Å². The van der Waals surface area contributed by atoms with E-state index < -0.39 is 0 Å². The van der Waals surface area contributed by atoms with E-state index in [1.54, 1.807) is 6.08 Å². The summed E-state index contributed by atoms with van der Waals surface area (Å²) in [5, 5.41) is 2.87. The molecule has 4 heteroatoms. The Kier molecular flexibility index (Phi) is 7.57. The first-order valence-electron chi connectivity index (χ1n) is 8.62. The van der Waals surface area contributed by atoms with Crippen molar-refractivity contribution in [3.05, 3.63) is 65.7 Å². The molecule has 0 atom stereocenters. The summed E-state index contributed by atoms with van der Waals surface area (Å²) in [6.07, 6.45) is 4.24. The molecule has 0 saturated carbocycles. The lowest BCUT2D eigenvalue weighted by Crippen LogP contribution is -2.20. The summed E-state index contributed by atoms with van der Waals surface area (Å²) < 4.78 is 11.3. The topological polar surface area (TPSA) is 47.6 Å². The summed E-state index contributed by atoms with van der Waals surface area (Å²) in [7, 11) is 0. The lowest BCUT2D eigenvalue weighted by atomic mass is 10.2. The van der Waals surface area contributed by atoms with Crippen LogP contribution < -0.4 is 14.8 Å². The van der Waals surface area contributed by atoms with Crippen LogP contribution in [0.1, 0.15) is 31.4 Å². The van der Waals surface area contributed by atoms with E-state index in [1.807, 2.05) is 55.5 Å². The fraction of sp³-hybridized carbons (Fsp3) is 0.286. The second-order valence-electron chi connectivity index (χ2n) is 5.52. The maximum Gasteiger partial charge on any atom is 0.244 e. The van der Waals surface area contributed by atoms with E-state index in [2.05, 4.69) is 12.2 Å². The second kappa shape index (κ2) is 10.2. The van der Waals surface area contributed by atoms with Crippen LogP contribution in [0.15, 0.2) is 54.6 Å². The minimum atomic E-state index is -0.131. The van der Waals surface area contributed by atoms with Crippen LogP contribution in [0.3, 0.4) is 0 Å². The van der Waals surface area contributed by atoms with Crippen molar-refractivity contribution in [1.29, 1.82) is 0 Å².